The Morgan fingerprint density at radius 3 is 2.73 bits per heavy atom. The monoisotopic (exact) mass is 446 g/mol. The van der Waals surface area contributed by atoms with E-state index < -0.39 is 11.9 Å². The van der Waals surface area contributed by atoms with E-state index in [-0.39, 0.29) is 23.9 Å². The molecule has 0 saturated heterocycles. The summed E-state index contributed by atoms with van der Waals surface area (Å²) < 4.78 is 10.4. The molecule has 30 heavy (non-hydrogen) atoms. The quantitative estimate of drug-likeness (QED) is 0.442. The number of hydrogen-bond acceptors (Lipinski definition) is 7. The number of benzene rings is 1. The van der Waals surface area contributed by atoms with E-state index in [1.165, 1.54) is 6.08 Å². The standard InChI is InChI=1S/C22H23ClN2O4S/c1-4-10-28-18(26)13-30-21-16(12-24)20(15-8-6-7-9-17(15)23)19(14(3)25-21)22(27)29-11-5-2/h5-9,20,25H,2,4,10-11,13H2,1,3H3. The molecule has 0 fully saturated rings. The number of dihydropyridines is 1. The minimum Gasteiger partial charge on any atom is -0.465 e. The minimum absolute atomic E-state index is 0.0340. The van der Waals surface area contributed by atoms with Gasteiger partial charge in [-0.15, -0.1) is 0 Å². The van der Waals surface area contributed by atoms with Crippen molar-refractivity contribution in [3.63, 3.8) is 0 Å². The number of ether oxygens (including phenoxy) is 2. The Labute approximate surface area is 185 Å². The first-order chi connectivity index (χ1) is 14.4. The van der Waals surface area contributed by atoms with Crippen LogP contribution >= 0.6 is 23.4 Å². The van der Waals surface area contributed by atoms with Crippen molar-refractivity contribution in [2.24, 2.45) is 0 Å². The van der Waals surface area contributed by atoms with Gasteiger partial charge >= 0.3 is 11.9 Å². The van der Waals surface area contributed by atoms with E-state index in [9.17, 15) is 14.9 Å². The highest BCUT2D eigenvalue weighted by atomic mass is 35.5. The summed E-state index contributed by atoms with van der Waals surface area (Å²) in [7, 11) is 0. The van der Waals surface area contributed by atoms with Gasteiger partial charge in [0.15, 0.2) is 0 Å². The average molecular weight is 447 g/mol. The number of thioether (sulfide) groups is 1. The van der Waals surface area contributed by atoms with Crippen LogP contribution in [-0.4, -0.2) is 30.9 Å². The highest BCUT2D eigenvalue weighted by molar-refractivity contribution is 8.03. The van der Waals surface area contributed by atoms with Crippen molar-refractivity contribution in [1.82, 2.24) is 5.32 Å². The highest BCUT2D eigenvalue weighted by Gasteiger charge is 2.36. The van der Waals surface area contributed by atoms with Gasteiger partial charge in [0, 0.05) is 10.7 Å². The van der Waals surface area contributed by atoms with Crippen LogP contribution in [0.5, 0.6) is 0 Å². The molecule has 8 heteroatoms. The van der Waals surface area contributed by atoms with Crippen LogP contribution < -0.4 is 5.32 Å². The Hall–Kier alpha value is -2.69. The van der Waals surface area contributed by atoms with Crippen LogP contribution in [0.15, 0.2) is 58.8 Å². The van der Waals surface area contributed by atoms with Crippen LogP contribution in [0.25, 0.3) is 0 Å². The van der Waals surface area contributed by atoms with Crippen molar-refractivity contribution in [3.8, 4) is 6.07 Å². The van der Waals surface area contributed by atoms with E-state index in [1.807, 2.05) is 6.92 Å². The Kier molecular flexibility index (Phi) is 9.03. The molecule has 6 nitrogen and oxygen atoms in total. The number of rotatable bonds is 9. The van der Waals surface area contributed by atoms with Crippen LogP contribution in [0, 0.1) is 11.3 Å². The van der Waals surface area contributed by atoms with Gasteiger partial charge in [-0.2, -0.15) is 5.26 Å². The summed E-state index contributed by atoms with van der Waals surface area (Å²) in [6.45, 7) is 7.57. The van der Waals surface area contributed by atoms with Gasteiger partial charge in [-0.1, -0.05) is 61.1 Å². The number of hydrogen-bond donors (Lipinski definition) is 1. The molecular weight excluding hydrogens is 424 g/mol. The minimum atomic E-state index is -0.726. The zero-order chi connectivity index (χ0) is 22.1. The first-order valence-electron chi connectivity index (χ1n) is 9.37. The lowest BCUT2D eigenvalue weighted by Gasteiger charge is -2.29. The molecule has 1 atom stereocenters. The van der Waals surface area contributed by atoms with E-state index in [0.29, 0.717) is 33.5 Å². The zero-order valence-electron chi connectivity index (χ0n) is 16.9. The van der Waals surface area contributed by atoms with Gasteiger partial charge < -0.3 is 14.8 Å². The molecule has 1 aromatic carbocycles. The molecule has 0 bridgehead atoms. The summed E-state index contributed by atoms with van der Waals surface area (Å²) in [6, 6.07) is 9.21. The number of nitrogens with one attached hydrogen (secondary N) is 1. The third kappa shape index (κ3) is 5.68. The Balaban J connectivity index is 2.46. The van der Waals surface area contributed by atoms with E-state index in [2.05, 4.69) is 18.0 Å². The fourth-order valence-corrected chi connectivity index (χ4v) is 4.05. The number of esters is 2. The Morgan fingerprint density at radius 1 is 1.37 bits per heavy atom. The molecule has 1 aliphatic heterocycles. The first kappa shape index (κ1) is 23.6. The molecule has 0 saturated carbocycles. The van der Waals surface area contributed by atoms with Crippen LogP contribution in [0.4, 0.5) is 0 Å². The molecule has 1 unspecified atom stereocenters. The molecule has 0 aromatic heterocycles. The normalized spacial score (nSPS) is 15.9. The summed E-state index contributed by atoms with van der Waals surface area (Å²) in [6.07, 6.45) is 2.20. The fourth-order valence-electron chi connectivity index (χ4n) is 2.92. The van der Waals surface area contributed by atoms with Gasteiger partial charge in [-0.25, -0.2) is 4.79 Å². The van der Waals surface area contributed by atoms with Crippen molar-refractivity contribution in [1.29, 1.82) is 5.26 Å². The van der Waals surface area contributed by atoms with E-state index in [1.54, 1.807) is 31.2 Å². The number of halogens is 1. The van der Waals surface area contributed by atoms with E-state index in [4.69, 9.17) is 21.1 Å². The third-order valence-electron chi connectivity index (χ3n) is 4.22. The average Bonchev–Trinajstić information content (AvgIpc) is 2.74. The third-order valence-corrected chi connectivity index (χ3v) is 5.55. The molecule has 1 aromatic rings. The first-order valence-corrected chi connectivity index (χ1v) is 10.7. The van der Waals surface area contributed by atoms with Crippen LogP contribution in [0.3, 0.4) is 0 Å². The second-order valence-corrected chi connectivity index (χ2v) is 7.76. The fraction of sp³-hybridized carbons (Fsp3) is 0.318. The number of carbonyl (C=O) groups is 2. The molecule has 0 amide bonds. The summed E-state index contributed by atoms with van der Waals surface area (Å²) in [5.41, 5.74) is 1.71. The van der Waals surface area contributed by atoms with Gasteiger partial charge in [-0.05, 0) is 25.0 Å². The summed E-state index contributed by atoms with van der Waals surface area (Å²) in [5.74, 6) is -1.63. The Morgan fingerprint density at radius 2 is 2.10 bits per heavy atom. The Bertz CT molecular complexity index is 933. The number of allylic oxidation sites excluding steroid dienone is 2. The summed E-state index contributed by atoms with van der Waals surface area (Å²) in [5, 5.41) is 13.9. The second-order valence-electron chi connectivity index (χ2n) is 6.37. The lowest BCUT2D eigenvalue weighted by molar-refractivity contribution is -0.140. The maximum Gasteiger partial charge on any atom is 0.337 e. The molecule has 1 aliphatic rings. The number of nitriles is 1. The van der Waals surface area contributed by atoms with Gasteiger partial charge in [0.1, 0.15) is 6.61 Å². The lowest BCUT2D eigenvalue weighted by Crippen LogP contribution is -2.29. The largest absolute Gasteiger partial charge is 0.465 e. The molecule has 158 valence electrons. The predicted molar refractivity (Wildman–Crippen MR) is 118 cm³/mol. The van der Waals surface area contributed by atoms with E-state index in [0.717, 1.165) is 18.2 Å². The van der Waals surface area contributed by atoms with Crippen molar-refractivity contribution in [2.75, 3.05) is 19.0 Å². The van der Waals surface area contributed by atoms with Gasteiger partial charge in [0.25, 0.3) is 0 Å². The predicted octanol–water partition coefficient (Wildman–Crippen LogP) is 4.45. The summed E-state index contributed by atoms with van der Waals surface area (Å²) in [4.78, 5) is 24.7. The van der Waals surface area contributed by atoms with Crippen molar-refractivity contribution in [3.05, 3.63) is 69.4 Å². The molecule has 0 radical (unpaired) electrons. The molecule has 0 spiro atoms. The second kappa shape index (κ2) is 11.5. The number of nitrogens with zero attached hydrogens (tertiary/aromatic N) is 1. The zero-order valence-corrected chi connectivity index (χ0v) is 18.4. The van der Waals surface area contributed by atoms with Gasteiger partial charge in [-0.3, -0.25) is 4.79 Å². The van der Waals surface area contributed by atoms with E-state index >= 15 is 0 Å². The van der Waals surface area contributed by atoms with Crippen LogP contribution in [0.1, 0.15) is 31.7 Å². The van der Waals surface area contributed by atoms with Crippen molar-refractivity contribution < 1.29 is 19.1 Å². The smallest absolute Gasteiger partial charge is 0.337 e. The topological polar surface area (TPSA) is 88.4 Å². The molecule has 2 rings (SSSR count). The maximum atomic E-state index is 12.8. The lowest BCUT2D eigenvalue weighted by atomic mass is 9.82. The van der Waals surface area contributed by atoms with Crippen molar-refractivity contribution >= 4 is 35.3 Å². The van der Waals surface area contributed by atoms with Crippen LogP contribution in [0.2, 0.25) is 5.02 Å². The van der Waals surface area contributed by atoms with Crippen LogP contribution in [-0.2, 0) is 19.1 Å². The maximum absolute atomic E-state index is 12.8. The molecule has 1 N–H and O–H groups in total. The molecule has 1 heterocycles. The van der Waals surface area contributed by atoms with Gasteiger partial charge in [0.05, 0.1) is 40.5 Å². The SMILES string of the molecule is C=CCOC(=O)C1=C(C)NC(SCC(=O)OCCC)=C(C#N)C1c1ccccc1Cl. The summed E-state index contributed by atoms with van der Waals surface area (Å²) >= 11 is 7.56. The highest BCUT2D eigenvalue weighted by Crippen LogP contribution is 2.43. The number of carbonyl (C=O) groups excluding carboxylic acids is 2. The molecular formula is C22H23ClN2O4S. The van der Waals surface area contributed by atoms with Crippen molar-refractivity contribution in [2.45, 2.75) is 26.2 Å². The van der Waals surface area contributed by atoms with Gasteiger partial charge in [0.2, 0.25) is 0 Å². The molecule has 0 aliphatic carbocycles.